The van der Waals surface area contributed by atoms with Gasteiger partial charge in [-0.05, 0) is 73.6 Å². The summed E-state index contributed by atoms with van der Waals surface area (Å²) in [7, 11) is 0. The molecule has 4 heteroatoms. The van der Waals surface area contributed by atoms with Gasteiger partial charge in [0.15, 0.2) is 0 Å². The van der Waals surface area contributed by atoms with Gasteiger partial charge in [0.05, 0.1) is 22.5 Å². The van der Waals surface area contributed by atoms with E-state index in [1.54, 1.807) is 0 Å². The number of nitrogens with zero attached hydrogens (tertiary/aromatic N) is 2. The molecule has 0 bridgehead atoms. The summed E-state index contributed by atoms with van der Waals surface area (Å²) < 4.78 is 0. The van der Waals surface area contributed by atoms with Crippen molar-refractivity contribution in [1.82, 2.24) is 9.97 Å². The number of benzene rings is 2. The summed E-state index contributed by atoms with van der Waals surface area (Å²) in [6.07, 6.45) is 3.63. The predicted octanol–water partition coefficient (Wildman–Crippen LogP) is 9.66. The van der Waals surface area contributed by atoms with Crippen LogP contribution in [0.4, 0.5) is 11.4 Å². The zero-order valence-electron chi connectivity index (χ0n) is 25.8. The fraction of sp³-hybridized carbons (Fsp3) is 0.529. The average Bonchev–Trinajstić information content (AvgIpc) is 2.83. The van der Waals surface area contributed by atoms with Gasteiger partial charge in [-0.3, -0.25) is 9.97 Å². The summed E-state index contributed by atoms with van der Waals surface area (Å²) >= 11 is 0. The highest BCUT2D eigenvalue weighted by molar-refractivity contribution is 5.64. The molecule has 0 spiro atoms. The number of hydrogen-bond donors (Lipinski definition) is 2. The van der Waals surface area contributed by atoms with E-state index in [1.165, 1.54) is 33.6 Å². The molecule has 0 radical (unpaired) electrons. The number of para-hydroxylation sites is 2. The summed E-state index contributed by atoms with van der Waals surface area (Å²) in [5, 5.41) is 7.88. The van der Waals surface area contributed by atoms with E-state index in [1.807, 2.05) is 12.4 Å². The van der Waals surface area contributed by atoms with Gasteiger partial charge in [-0.2, -0.15) is 0 Å². The largest absolute Gasteiger partial charge is 0.374 e. The number of anilines is 2. The van der Waals surface area contributed by atoms with E-state index < -0.39 is 11.1 Å². The lowest BCUT2D eigenvalue weighted by molar-refractivity contribution is 0.513. The number of aromatic nitrogens is 2. The first-order chi connectivity index (χ1) is 17.7. The van der Waals surface area contributed by atoms with Gasteiger partial charge in [0, 0.05) is 23.8 Å². The summed E-state index contributed by atoms with van der Waals surface area (Å²) in [6.45, 7) is 27.0. The molecule has 4 nitrogen and oxygen atoms in total. The summed E-state index contributed by atoms with van der Waals surface area (Å²) in [5.74, 6) is 1.64. The molecular weight excluding hydrogens is 464 g/mol. The maximum atomic E-state index is 4.95. The topological polar surface area (TPSA) is 49.8 Å². The van der Waals surface area contributed by atoms with Crippen LogP contribution in [0.5, 0.6) is 0 Å². The van der Waals surface area contributed by atoms with Crippen LogP contribution in [0.15, 0.2) is 48.8 Å². The minimum atomic E-state index is -0.449. The molecule has 0 fully saturated rings. The molecule has 0 aliphatic heterocycles. The van der Waals surface area contributed by atoms with Crippen molar-refractivity contribution < 1.29 is 0 Å². The van der Waals surface area contributed by atoms with Crippen molar-refractivity contribution in [1.29, 1.82) is 0 Å². The number of hydrogen-bond acceptors (Lipinski definition) is 4. The maximum absolute atomic E-state index is 4.95. The Hall–Kier alpha value is -2.88. The Morgan fingerprint density at radius 3 is 1.00 bits per heavy atom. The van der Waals surface area contributed by atoms with Crippen LogP contribution >= 0.6 is 0 Å². The second kappa shape index (κ2) is 11.5. The maximum Gasteiger partial charge on any atom is 0.0891 e. The Bertz CT molecular complexity index is 1090. The number of rotatable bonds is 10. The molecule has 206 valence electrons. The van der Waals surface area contributed by atoms with Crippen molar-refractivity contribution in [2.75, 3.05) is 10.6 Å². The van der Waals surface area contributed by atoms with Gasteiger partial charge < -0.3 is 10.6 Å². The minimum Gasteiger partial charge on any atom is -0.374 e. The Morgan fingerprint density at radius 1 is 0.500 bits per heavy atom. The normalized spacial score (nSPS) is 12.6. The van der Waals surface area contributed by atoms with Crippen LogP contribution in [0, 0.1) is 0 Å². The van der Waals surface area contributed by atoms with E-state index in [-0.39, 0.29) is 0 Å². The fourth-order valence-corrected chi connectivity index (χ4v) is 5.39. The molecule has 2 aromatic carbocycles. The highest BCUT2D eigenvalue weighted by atomic mass is 15.1. The van der Waals surface area contributed by atoms with Crippen molar-refractivity contribution in [3.8, 4) is 0 Å². The second-order valence-electron chi connectivity index (χ2n) is 13.0. The van der Waals surface area contributed by atoms with E-state index in [0.717, 1.165) is 11.4 Å². The smallest absolute Gasteiger partial charge is 0.0891 e. The van der Waals surface area contributed by atoms with E-state index in [4.69, 9.17) is 9.97 Å². The van der Waals surface area contributed by atoms with Crippen LogP contribution in [0.3, 0.4) is 0 Å². The van der Waals surface area contributed by atoms with Crippen LogP contribution < -0.4 is 10.6 Å². The van der Waals surface area contributed by atoms with Gasteiger partial charge in [0.25, 0.3) is 0 Å². The zero-order valence-corrected chi connectivity index (χ0v) is 25.8. The van der Waals surface area contributed by atoms with Crippen molar-refractivity contribution in [3.05, 3.63) is 82.4 Å². The van der Waals surface area contributed by atoms with Gasteiger partial charge in [-0.15, -0.1) is 0 Å². The molecule has 0 saturated heterocycles. The third kappa shape index (κ3) is 6.22. The van der Waals surface area contributed by atoms with E-state index >= 15 is 0 Å². The molecule has 3 rings (SSSR count). The van der Waals surface area contributed by atoms with Crippen molar-refractivity contribution in [2.45, 2.75) is 118 Å². The lowest BCUT2D eigenvalue weighted by Gasteiger charge is -2.37. The van der Waals surface area contributed by atoms with Gasteiger partial charge >= 0.3 is 0 Å². The number of nitrogens with one attached hydrogen (secondary N) is 2. The zero-order chi connectivity index (χ0) is 28.4. The first-order valence-electron chi connectivity index (χ1n) is 14.3. The lowest BCUT2D eigenvalue weighted by atomic mass is 9.85. The Balaban J connectivity index is 2.12. The molecule has 1 heterocycles. The fourth-order valence-electron chi connectivity index (χ4n) is 5.39. The second-order valence-corrected chi connectivity index (χ2v) is 13.0. The molecule has 1 aromatic heterocycles. The standard InChI is InChI=1S/C34H50N4/c1-21(2)25-15-13-16-26(22(3)4)29(25)37-33(9,10)31-32(36-20-19-35-31)34(11,12)38-30-27(23(5)6)17-14-18-28(30)24(7)8/h13-24,37-38H,1-12H3. The van der Waals surface area contributed by atoms with E-state index in [0.29, 0.717) is 23.7 Å². The highest BCUT2D eigenvalue weighted by Gasteiger charge is 2.35. The molecule has 0 amide bonds. The van der Waals surface area contributed by atoms with Crippen molar-refractivity contribution >= 4 is 11.4 Å². The Morgan fingerprint density at radius 2 is 0.763 bits per heavy atom. The van der Waals surface area contributed by atoms with E-state index in [9.17, 15) is 0 Å². The predicted molar refractivity (Wildman–Crippen MR) is 165 cm³/mol. The van der Waals surface area contributed by atoms with E-state index in [2.05, 4.69) is 130 Å². The summed E-state index contributed by atoms with van der Waals surface area (Å²) in [4.78, 5) is 9.91. The molecule has 2 N–H and O–H groups in total. The Kier molecular flexibility index (Phi) is 8.96. The van der Waals surface area contributed by atoms with Gasteiger partial charge in [0.1, 0.15) is 0 Å². The van der Waals surface area contributed by atoms with Crippen molar-refractivity contribution in [2.24, 2.45) is 0 Å². The molecule has 0 aliphatic rings. The SMILES string of the molecule is CC(C)c1cccc(C(C)C)c1NC(C)(C)c1nccnc1C(C)(C)Nc1c(C(C)C)cccc1C(C)C. The van der Waals surface area contributed by atoms with Crippen LogP contribution in [0.2, 0.25) is 0 Å². The van der Waals surface area contributed by atoms with Crippen LogP contribution in [0.1, 0.15) is 140 Å². The molecular formula is C34H50N4. The molecule has 3 aromatic rings. The molecule has 38 heavy (non-hydrogen) atoms. The quantitative estimate of drug-likeness (QED) is 0.283. The first-order valence-corrected chi connectivity index (χ1v) is 14.3. The Labute approximate surface area is 232 Å². The van der Waals surface area contributed by atoms with Gasteiger partial charge in [0.2, 0.25) is 0 Å². The highest BCUT2D eigenvalue weighted by Crippen LogP contribution is 2.40. The van der Waals surface area contributed by atoms with Gasteiger partial charge in [-0.1, -0.05) is 91.8 Å². The third-order valence-corrected chi connectivity index (χ3v) is 7.50. The van der Waals surface area contributed by atoms with Gasteiger partial charge in [-0.25, -0.2) is 0 Å². The molecule has 0 atom stereocenters. The summed E-state index contributed by atoms with van der Waals surface area (Å²) in [5.41, 5.74) is 8.79. The summed E-state index contributed by atoms with van der Waals surface area (Å²) in [6, 6.07) is 13.3. The molecule has 0 unspecified atom stereocenters. The van der Waals surface area contributed by atoms with Crippen LogP contribution in [-0.4, -0.2) is 9.97 Å². The van der Waals surface area contributed by atoms with Crippen LogP contribution in [-0.2, 0) is 11.1 Å². The average molecular weight is 515 g/mol. The molecule has 0 saturated carbocycles. The van der Waals surface area contributed by atoms with Crippen LogP contribution in [0.25, 0.3) is 0 Å². The third-order valence-electron chi connectivity index (χ3n) is 7.50. The first kappa shape index (κ1) is 29.7. The molecule has 0 aliphatic carbocycles. The van der Waals surface area contributed by atoms with Crippen molar-refractivity contribution in [3.63, 3.8) is 0 Å². The monoisotopic (exact) mass is 514 g/mol. The minimum absolute atomic E-state index is 0.411. The lowest BCUT2D eigenvalue weighted by Crippen LogP contribution is -2.38.